The van der Waals surface area contributed by atoms with Crippen LogP contribution < -0.4 is 4.74 Å². The first-order valence-electron chi connectivity index (χ1n) is 4.88. The van der Waals surface area contributed by atoms with Gasteiger partial charge in [0.25, 0.3) is 0 Å². The van der Waals surface area contributed by atoms with E-state index in [1.807, 2.05) is 0 Å². The lowest BCUT2D eigenvalue weighted by Gasteiger charge is -2.17. The SMILES string of the molecule is COC(=O)c1cnc(C(F)(F)F)c(OC(F)(F)F)c1C. The first-order chi connectivity index (χ1) is 8.97. The molecule has 1 rings (SSSR count). The molecule has 0 bridgehead atoms. The molecular formula is C10H7F6NO3. The van der Waals surface area contributed by atoms with Gasteiger partial charge in [0.15, 0.2) is 11.4 Å². The second-order valence-electron chi connectivity index (χ2n) is 3.51. The van der Waals surface area contributed by atoms with E-state index in [2.05, 4.69) is 14.5 Å². The molecule has 0 aliphatic rings. The fraction of sp³-hybridized carbons (Fsp3) is 0.400. The summed E-state index contributed by atoms with van der Waals surface area (Å²) >= 11 is 0. The van der Waals surface area contributed by atoms with E-state index in [-0.39, 0.29) is 0 Å². The predicted molar refractivity (Wildman–Crippen MR) is 52.0 cm³/mol. The van der Waals surface area contributed by atoms with E-state index in [0.29, 0.717) is 6.20 Å². The molecule has 1 aromatic rings. The average Bonchev–Trinajstić information content (AvgIpc) is 2.27. The summed E-state index contributed by atoms with van der Waals surface area (Å²) in [6.07, 6.45) is -10.0. The van der Waals surface area contributed by atoms with Crippen molar-refractivity contribution in [3.8, 4) is 5.75 Å². The molecule has 0 radical (unpaired) electrons. The monoisotopic (exact) mass is 303 g/mol. The van der Waals surface area contributed by atoms with Crippen LogP contribution >= 0.6 is 0 Å². The summed E-state index contributed by atoms with van der Waals surface area (Å²) < 4.78 is 81.9. The molecule has 1 aromatic heterocycles. The van der Waals surface area contributed by atoms with Gasteiger partial charge in [-0.3, -0.25) is 0 Å². The molecule has 4 nitrogen and oxygen atoms in total. The molecule has 0 atom stereocenters. The van der Waals surface area contributed by atoms with Crippen molar-refractivity contribution in [2.75, 3.05) is 7.11 Å². The molecular weight excluding hydrogens is 296 g/mol. The molecule has 0 saturated heterocycles. The fourth-order valence-electron chi connectivity index (χ4n) is 1.34. The molecule has 0 aliphatic heterocycles. The van der Waals surface area contributed by atoms with Crippen LogP contribution in [0.2, 0.25) is 0 Å². The zero-order valence-corrected chi connectivity index (χ0v) is 10.0. The number of hydrogen-bond donors (Lipinski definition) is 0. The van der Waals surface area contributed by atoms with Gasteiger partial charge < -0.3 is 9.47 Å². The highest BCUT2D eigenvalue weighted by atomic mass is 19.4. The Kier molecular flexibility index (Phi) is 4.15. The summed E-state index contributed by atoms with van der Waals surface area (Å²) in [6, 6.07) is 0. The molecule has 0 N–H and O–H groups in total. The van der Waals surface area contributed by atoms with Crippen molar-refractivity contribution in [3.05, 3.63) is 23.0 Å². The Balaban J connectivity index is 3.50. The summed E-state index contributed by atoms with van der Waals surface area (Å²) in [5, 5.41) is 0. The van der Waals surface area contributed by atoms with Gasteiger partial charge in [-0.2, -0.15) is 13.2 Å². The number of hydrogen-bond acceptors (Lipinski definition) is 4. The molecule has 0 saturated carbocycles. The minimum atomic E-state index is -5.36. The Morgan fingerprint density at radius 2 is 1.75 bits per heavy atom. The van der Waals surface area contributed by atoms with Gasteiger partial charge in [0.2, 0.25) is 0 Å². The number of ether oxygens (including phenoxy) is 2. The van der Waals surface area contributed by atoms with Crippen LogP contribution in [0.1, 0.15) is 21.6 Å². The topological polar surface area (TPSA) is 48.4 Å². The van der Waals surface area contributed by atoms with Gasteiger partial charge in [0, 0.05) is 11.8 Å². The quantitative estimate of drug-likeness (QED) is 0.622. The lowest BCUT2D eigenvalue weighted by atomic mass is 10.1. The van der Waals surface area contributed by atoms with Gasteiger partial charge in [-0.25, -0.2) is 9.78 Å². The highest BCUT2D eigenvalue weighted by Gasteiger charge is 2.42. The number of aromatic nitrogens is 1. The fourth-order valence-corrected chi connectivity index (χ4v) is 1.34. The van der Waals surface area contributed by atoms with Gasteiger partial charge in [0.1, 0.15) is 0 Å². The van der Waals surface area contributed by atoms with Crippen molar-refractivity contribution < 1.29 is 40.6 Å². The normalized spacial score (nSPS) is 12.2. The average molecular weight is 303 g/mol. The van der Waals surface area contributed by atoms with Crippen LogP contribution in [0, 0.1) is 6.92 Å². The number of methoxy groups -OCH3 is 1. The first-order valence-corrected chi connectivity index (χ1v) is 4.88. The van der Waals surface area contributed by atoms with E-state index in [0.717, 1.165) is 14.0 Å². The number of pyridine rings is 1. The standard InChI is InChI=1S/C10H7F6NO3/c1-4-5(8(18)19-2)3-17-7(9(11,12)13)6(4)20-10(14,15)16/h3H,1-2H3. The maximum absolute atomic E-state index is 12.6. The van der Waals surface area contributed by atoms with Crippen LogP contribution in [0.5, 0.6) is 5.75 Å². The lowest BCUT2D eigenvalue weighted by Crippen LogP contribution is -2.23. The molecule has 0 amide bonds. The molecule has 10 heteroatoms. The third-order valence-electron chi connectivity index (χ3n) is 2.17. The third kappa shape index (κ3) is 3.52. The van der Waals surface area contributed by atoms with Crippen molar-refractivity contribution in [2.24, 2.45) is 0 Å². The molecule has 112 valence electrons. The maximum Gasteiger partial charge on any atom is 0.573 e. The Morgan fingerprint density at radius 3 is 2.15 bits per heavy atom. The van der Waals surface area contributed by atoms with Crippen molar-refractivity contribution in [1.82, 2.24) is 4.98 Å². The Labute approximate surface area is 108 Å². The maximum atomic E-state index is 12.6. The highest BCUT2D eigenvalue weighted by molar-refractivity contribution is 5.91. The zero-order valence-electron chi connectivity index (χ0n) is 10.0. The molecule has 20 heavy (non-hydrogen) atoms. The van der Waals surface area contributed by atoms with Crippen LogP contribution in [0.4, 0.5) is 26.3 Å². The summed E-state index contributed by atoms with van der Waals surface area (Å²) in [5.41, 5.74) is -3.10. The molecule has 0 spiro atoms. The van der Waals surface area contributed by atoms with E-state index in [4.69, 9.17) is 0 Å². The Hall–Kier alpha value is -2.00. The van der Waals surface area contributed by atoms with Crippen molar-refractivity contribution >= 4 is 5.97 Å². The van der Waals surface area contributed by atoms with E-state index in [1.165, 1.54) is 0 Å². The summed E-state index contributed by atoms with van der Waals surface area (Å²) in [4.78, 5) is 14.0. The molecule has 1 heterocycles. The minimum Gasteiger partial charge on any atom is -0.465 e. The van der Waals surface area contributed by atoms with Crippen molar-refractivity contribution in [2.45, 2.75) is 19.5 Å². The number of rotatable bonds is 2. The van der Waals surface area contributed by atoms with Gasteiger partial charge in [0.05, 0.1) is 12.7 Å². The smallest absolute Gasteiger partial charge is 0.465 e. The van der Waals surface area contributed by atoms with E-state index >= 15 is 0 Å². The number of nitrogens with zero attached hydrogens (tertiary/aromatic N) is 1. The molecule has 0 aromatic carbocycles. The number of halogens is 6. The number of carbonyl (C=O) groups is 1. The van der Waals surface area contributed by atoms with Crippen LogP contribution in [0.25, 0.3) is 0 Å². The Bertz CT molecular complexity index is 523. The molecule has 0 fully saturated rings. The summed E-state index contributed by atoms with van der Waals surface area (Å²) in [6.45, 7) is 0.865. The van der Waals surface area contributed by atoms with E-state index < -0.39 is 41.1 Å². The van der Waals surface area contributed by atoms with Crippen LogP contribution in [-0.4, -0.2) is 24.4 Å². The van der Waals surface area contributed by atoms with Crippen LogP contribution in [-0.2, 0) is 10.9 Å². The molecule has 0 aliphatic carbocycles. The predicted octanol–water partition coefficient (Wildman–Crippen LogP) is 3.09. The van der Waals surface area contributed by atoms with Gasteiger partial charge in [-0.05, 0) is 6.92 Å². The zero-order chi connectivity index (χ0) is 15.7. The summed E-state index contributed by atoms with van der Waals surface area (Å²) in [7, 11) is 0.920. The third-order valence-corrected chi connectivity index (χ3v) is 2.17. The second-order valence-corrected chi connectivity index (χ2v) is 3.51. The second kappa shape index (κ2) is 5.17. The van der Waals surface area contributed by atoms with E-state index in [9.17, 15) is 31.1 Å². The molecule has 0 unspecified atom stereocenters. The van der Waals surface area contributed by atoms with Crippen LogP contribution in [0.3, 0.4) is 0 Å². The number of esters is 1. The van der Waals surface area contributed by atoms with E-state index in [1.54, 1.807) is 0 Å². The van der Waals surface area contributed by atoms with Crippen molar-refractivity contribution in [3.63, 3.8) is 0 Å². The van der Waals surface area contributed by atoms with Gasteiger partial charge in [-0.15, -0.1) is 13.2 Å². The largest absolute Gasteiger partial charge is 0.573 e. The summed E-state index contributed by atoms with van der Waals surface area (Å²) in [5.74, 6) is -2.70. The van der Waals surface area contributed by atoms with Gasteiger partial charge in [-0.1, -0.05) is 0 Å². The van der Waals surface area contributed by atoms with Crippen LogP contribution in [0.15, 0.2) is 6.20 Å². The Morgan fingerprint density at radius 1 is 1.20 bits per heavy atom. The number of carbonyl (C=O) groups excluding carboxylic acids is 1. The van der Waals surface area contributed by atoms with Gasteiger partial charge >= 0.3 is 18.5 Å². The number of alkyl halides is 6. The lowest BCUT2D eigenvalue weighted by molar-refractivity contribution is -0.276. The highest BCUT2D eigenvalue weighted by Crippen LogP contribution is 2.39. The van der Waals surface area contributed by atoms with Crippen molar-refractivity contribution in [1.29, 1.82) is 0 Å². The minimum absolute atomic E-state index is 0.479. The first kappa shape index (κ1) is 16.1.